The van der Waals surface area contributed by atoms with Gasteiger partial charge in [-0.3, -0.25) is 9.59 Å². The Labute approximate surface area is 121 Å². The van der Waals surface area contributed by atoms with Crippen LogP contribution >= 0.6 is 0 Å². The molecular weight excluding hydrogens is 250 g/mol. The molecule has 0 N–H and O–H groups in total. The molecule has 1 fully saturated rings. The average molecular weight is 273 g/mol. The number of likely N-dealkylation sites (tertiary alicyclic amines) is 1. The van der Waals surface area contributed by atoms with Crippen LogP contribution in [0.5, 0.6) is 0 Å². The van der Waals surface area contributed by atoms with E-state index in [2.05, 4.69) is 0 Å². The normalized spacial score (nSPS) is 23.2. The number of amides is 1. The molecule has 0 aromatic heterocycles. The lowest BCUT2D eigenvalue weighted by molar-refractivity contribution is -0.144. The first-order valence-electron chi connectivity index (χ1n) is 7.14. The minimum absolute atomic E-state index is 0.0777. The number of hydrogen-bond acceptors (Lipinski definition) is 2. The van der Waals surface area contributed by atoms with Crippen molar-refractivity contribution in [2.75, 3.05) is 0 Å². The number of carbonyl (C=O) groups is 2. The van der Waals surface area contributed by atoms with Gasteiger partial charge in [0, 0.05) is 18.4 Å². The van der Waals surface area contributed by atoms with Crippen LogP contribution in [0.2, 0.25) is 0 Å². The molecule has 0 spiro atoms. The maximum absolute atomic E-state index is 12.7. The lowest BCUT2D eigenvalue weighted by atomic mass is 9.77. The Kier molecular flexibility index (Phi) is 3.72. The average Bonchev–Trinajstić information content (AvgIpc) is 2.67. The predicted molar refractivity (Wildman–Crippen MR) is 79.1 cm³/mol. The van der Waals surface area contributed by atoms with Crippen LogP contribution in [0.15, 0.2) is 30.3 Å². The van der Waals surface area contributed by atoms with Gasteiger partial charge in [-0.25, -0.2) is 0 Å². The standard InChI is InChI=1S/C17H23NO2/c1-16(2,3)15(20)17(4)11-10-14(19)18(17)12-13-8-6-5-7-9-13/h5-9H,10-12H2,1-4H3. The number of ketones is 1. The van der Waals surface area contributed by atoms with Gasteiger partial charge < -0.3 is 4.90 Å². The van der Waals surface area contributed by atoms with Crippen molar-refractivity contribution in [1.29, 1.82) is 0 Å². The SMILES string of the molecule is CC(C)(C)C(=O)C1(C)CCC(=O)N1Cc1ccccc1. The van der Waals surface area contributed by atoms with Crippen molar-refractivity contribution >= 4 is 11.7 Å². The maximum Gasteiger partial charge on any atom is 0.223 e. The number of rotatable bonds is 3. The summed E-state index contributed by atoms with van der Waals surface area (Å²) in [6.07, 6.45) is 1.08. The second kappa shape index (κ2) is 5.04. The lowest BCUT2D eigenvalue weighted by Crippen LogP contribution is -2.53. The highest BCUT2D eigenvalue weighted by Crippen LogP contribution is 2.37. The van der Waals surface area contributed by atoms with Crippen LogP contribution in [0.25, 0.3) is 0 Å². The van der Waals surface area contributed by atoms with E-state index in [1.165, 1.54) is 0 Å². The van der Waals surface area contributed by atoms with E-state index in [4.69, 9.17) is 0 Å². The minimum atomic E-state index is -0.675. The van der Waals surface area contributed by atoms with Crippen LogP contribution in [-0.4, -0.2) is 22.1 Å². The summed E-state index contributed by atoms with van der Waals surface area (Å²) in [5.74, 6) is 0.223. The Bertz CT molecular complexity index is 516. The van der Waals surface area contributed by atoms with Crippen molar-refractivity contribution < 1.29 is 9.59 Å². The van der Waals surface area contributed by atoms with Crippen LogP contribution in [0.3, 0.4) is 0 Å². The van der Waals surface area contributed by atoms with Gasteiger partial charge in [-0.05, 0) is 18.9 Å². The van der Waals surface area contributed by atoms with Crippen molar-refractivity contribution in [1.82, 2.24) is 4.90 Å². The first kappa shape index (κ1) is 14.8. The van der Waals surface area contributed by atoms with Crippen molar-refractivity contribution in [2.45, 2.75) is 52.6 Å². The van der Waals surface area contributed by atoms with Crippen LogP contribution in [0, 0.1) is 5.41 Å². The Morgan fingerprint density at radius 3 is 2.40 bits per heavy atom. The van der Waals surface area contributed by atoms with Gasteiger partial charge in [0.05, 0.1) is 5.54 Å². The summed E-state index contributed by atoms with van der Waals surface area (Å²) in [6, 6.07) is 9.85. The first-order chi connectivity index (χ1) is 9.25. The Hall–Kier alpha value is -1.64. The molecule has 0 radical (unpaired) electrons. The number of hydrogen-bond donors (Lipinski definition) is 0. The molecule has 0 bridgehead atoms. The molecule has 1 saturated heterocycles. The molecule has 1 amide bonds. The van der Waals surface area contributed by atoms with E-state index in [1.807, 2.05) is 58.0 Å². The molecule has 1 heterocycles. The zero-order chi connectivity index (χ0) is 15.0. The molecule has 0 aliphatic carbocycles. The second-order valence-corrected chi connectivity index (χ2v) is 6.82. The Morgan fingerprint density at radius 2 is 1.85 bits per heavy atom. The zero-order valence-electron chi connectivity index (χ0n) is 12.8. The van der Waals surface area contributed by atoms with E-state index >= 15 is 0 Å². The van der Waals surface area contributed by atoms with Crippen LogP contribution in [0.4, 0.5) is 0 Å². The summed E-state index contributed by atoms with van der Waals surface area (Å²) in [5, 5.41) is 0. The van der Waals surface area contributed by atoms with Gasteiger partial charge in [-0.2, -0.15) is 0 Å². The summed E-state index contributed by atoms with van der Waals surface area (Å²) >= 11 is 0. The first-order valence-corrected chi connectivity index (χ1v) is 7.14. The van der Waals surface area contributed by atoms with Gasteiger partial charge in [0.2, 0.25) is 5.91 Å². The molecule has 1 aromatic carbocycles. The third kappa shape index (κ3) is 2.62. The molecule has 3 heteroatoms. The van der Waals surface area contributed by atoms with Gasteiger partial charge in [0.1, 0.15) is 0 Å². The highest BCUT2D eigenvalue weighted by molar-refractivity contribution is 5.98. The van der Waals surface area contributed by atoms with E-state index in [-0.39, 0.29) is 11.7 Å². The van der Waals surface area contributed by atoms with Crippen LogP contribution < -0.4 is 0 Å². The zero-order valence-corrected chi connectivity index (χ0v) is 12.8. The molecule has 3 nitrogen and oxygen atoms in total. The summed E-state index contributed by atoms with van der Waals surface area (Å²) < 4.78 is 0. The van der Waals surface area contributed by atoms with Crippen LogP contribution in [-0.2, 0) is 16.1 Å². The van der Waals surface area contributed by atoms with Gasteiger partial charge in [-0.15, -0.1) is 0 Å². The van der Waals surface area contributed by atoms with Gasteiger partial charge in [0.15, 0.2) is 5.78 Å². The van der Waals surface area contributed by atoms with E-state index in [1.54, 1.807) is 4.90 Å². The van der Waals surface area contributed by atoms with Crippen molar-refractivity contribution in [3.63, 3.8) is 0 Å². The highest BCUT2D eigenvalue weighted by Gasteiger charge is 2.50. The van der Waals surface area contributed by atoms with Crippen LogP contribution in [0.1, 0.15) is 46.1 Å². The van der Waals surface area contributed by atoms with Crippen molar-refractivity contribution in [3.05, 3.63) is 35.9 Å². The number of Topliss-reactive ketones (excluding diaryl/α,β-unsaturated/α-hetero) is 1. The Balaban J connectivity index is 2.29. The fourth-order valence-electron chi connectivity index (χ4n) is 2.97. The number of nitrogens with zero attached hydrogens (tertiary/aromatic N) is 1. The van der Waals surface area contributed by atoms with E-state index in [9.17, 15) is 9.59 Å². The smallest absolute Gasteiger partial charge is 0.223 e. The molecule has 108 valence electrons. The molecule has 1 aliphatic heterocycles. The quantitative estimate of drug-likeness (QED) is 0.848. The molecule has 1 aromatic rings. The lowest BCUT2D eigenvalue weighted by Gasteiger charge is -2.38. The summed E-state index contributed by atoms with van der Waals surface area (Å²) in [4.78, 5) is 26.7. The molecular formula is C17H23NO2. The van der Waals surface area contributed by atoms with Gasteiger partial charge in [0.25, 0.3) is 0 Å². The molecule has 1 unspecified atom stereocenters. The summed E-state index contributed by atoms with van der Waals surface area (Å²) in [5.41, 5.74) is -0.0462. The fraction of sp³-hybridized carbons (Fsp3) is 0.529. The summed E-state index contributed by atoms with van der Waals surface area (Å²) in [7, 11) is 0. The van der Waals surface area contributed by atoms with Crippen molar-refractivity contribution in [2.24, 2.45) is 5.41 Å². The van der Waals surface area contributed by atoms with Gasteiger partial charge in [-0.1, -0.05) is 51.1 Å². The Morgan fingerprint density at radius 1 is 1.25 bits per heavy atom. The molecule has 2 rings (SSSR count). The fourth-order valence-corrected chi connectivity index (χ4v) is 2.97. The summed E-state index contributed by atoms with van der Waals surface area (Å²) in [6.45, 7) is 8.19. The second-order valence-electron chi connectivity index (χ2n) is 6.82. The van der Waals surface area contributed by atoms with E-state index in [0.29, 0.717) is 19.4 Å². The van der Waals surface area contributed by atoms with E-state index in [0.717, 1.165) is 5.56 Å². The molecule has 0 saturated carbocycles. The van der Waals surface area contributed by atoms with Crippen molar-refractivity contribution in [3.8, 4) is 0 Å². The minimum Gasteiger partial charge on any atom is -0.326 e. The third-order valence-electron chi connectivity index (χ3n) is 4.08. The largest absolute Gasteiger partial charge is 0.326 e. The molecule has 1 aliphatic rings. The topological polar surface area (TPSA) is 37.4 Å². The molecule has 20 heavy (non-hydrogen) atoms. The third-order valence-corrected chi connectivity index (χ3v) is 4.08. The number of carbonyl (C=O) groups excluding carboxylic acids is 2. The number of benzene rings is 1. The maximum atomic E-state index is 12.7. The van der Waals surface area contributed by atoms with E-state index < -0.39 is 11.0 Å². The van der Waals surface area contributed by atoms with Gasteiger partial charge >= 0.3 is 0 Å². The molecule has 1 atom stereocenters. The highest BCUT2D eigenvalue weighted by atomic mass is 16.2. The monoisotopic (exact) mass is 273 g/mol. The predicted octanol–water partition coefficient (Wildman–Crippen LogP) is 3.18.